The van der Waals surface area contributed by atoms with E-state index in [9.17, 15) is 14.7 Å². The molecule has 2 N–H and O–H groups in total. The molecular weight excluding hydrogens is 282 g/mol. The number of rotatable bonds is 4. The van der Waals surface area contributed by atoms with Gasteiger partial charge in [0.25, 0.3) is 5.56 Å². The smallest absolute Gasteiger partial charge is 0.341 e. The second kappa shape index (κ2) is 5.77. The molecule has 0 atom stereocenters. The fourth-order valence-corrected chi connectivity index (χ4v) is 3.05. The van der Waals surface area contributed by atoms with E-state index in [0.29, 0.717) is 5.69 Å². The number of aromatic carboxylic acids is 1. The highest BCUT2D eigenvalue weighted by Crippen LogP contribution is 2.27. The molecule has 3 rings (SSSR count). The van der Waals surface area contributed by atoms with Gasteiger partial charge in [0.1, 0.15) is 5.56 Å². The Balaban J connectivity index is 2.16. The summed E-state index contributed by atoms with van der Waals surface area (Å²) in [5.41, 5.74) is 3.27. The van der Waals surface area contributed by atoms with Gasteiger partial charge in [-0.3, -0.25) is 4.79 Å². The fourth-order valence-electron chi connectivity index (χ4n) is 3.05. The van der Waals surface area contributed by atoms with Gasteiger partial charge in [-0.1, -0.05) is 12.1 Å². The zero-order valence-corrected chi connectivity index (χ0v) is 12.1. The van der Waals surface area contributed by atoms with Gasteiger partial charge in [0, 0.05) is 6.54 Å². The highest BCUT2D eigenvalue weighted by atomic mass is 16.4. The van der Waals surface area contributed by atoms with Crippen molar-refractivity contribution in [3.05, 3.63) is 57.4 Å². The Hall–Kier alpha value is -2.40. The molecule has 0 saturated carbocycles. The first-order chi connectivity index (χ1) is 10.6. The summed E-state index contributed by atoms with van der Waals surface area (Å²) >= 11 is 0. The highest BCUT2D eigenvalue weighted by Gasteiger charge is 2.17. The minimum Gasteiger partial charge on any atom is -0.477 e. The van der Waals surface area contributed by atoms with Gasteiger partial charge in [-0.25, -0.2) is 4.79 Å². The van der Waals surface area contributed by atoms with Crippen molar-refractivity contribution in [1.29, 1.82) is 0 Å². The van der Waals surface area contributed by atoms with Gasteiger partial charge in [0.05, 0.1) is 12.3 Å². The Bertz CT molecular complexity index is 792. The molecule has 2 aromatic rings. The zero-order valence-electron chi connectivity index (χ0n) is 12.1. The lowest BCUT2D eigenvalue weighted by molar-refractivity contribution is 0.0694. The van der Waals surface area contributed by atoms with Gasteiger partial charge >= 0.3 is 5.97 Å². The van der Waals surface area contributed by atoms with Crippen LogP contribution in [-0.2, 0) is 19.4 Å². The summed E-state index contributed by atoms with van der Waals surface area (Å²) in [6, 6.07) is 9.05. The maximum absolute atomic E-state index is 12.3. The van der Waals surface area contributed by atoms with Gasteiger partial charge in [0.15, 0.2) is 0 Å². The van der Waals surface area contributed by atoms with E-state index in [1.54, 1.807) is 6.07 Å². The number of aromatic nitrogens is 1. The van der Waals surface area contributed by atoms with E-state index in [0.717, 1.165) is 24.8 Å². The van der Waals surface area contributed by atoms with Crippen molar-refractivity contribution in [1.82, 2.24) is 4.57 Å². The Labute approximate surface area is 127 Å². The number of aliphatic hydroxyl groups excluding tert-OH is 1. The molecule has 114 valence electrons. The van der Waals surface area contributed by atoms with Crippen LogP contribution >= 0.6 is 0 Å². The quantitative estimate of drug-likeness (QED) is 0.900. The molecule has 0 bridgehead atoms. The van der Waals surface area contributed by atoms with Crippen LogP contribution in [0.3, 0.4) is 0 Å². The summed E-state index contributed by atoms with van der Waals surface area (Å²) in [5, 5.41) is 18.3. The largest absolute Gasteiger partial charge is 0.477 e. The van der Waals surface area contributed by atoms with E-state index in [4.69, 9.17) is 5.11 Å². The topological polar surface area (TPSA) is 79.5 Å². The van der Waals surface area contributed by atoms with E-state index in [1.165, 1.54) is 21.8 Å². The first kappa shape index (κ1) is 14.5. The van der Waals surface area contributed by atoms with Gasteiger partial charge in [-0.15, -0.1) is 0 Å². The molecule has 1 heterocycles. The molecule has 1 aliphatic carbocycles. The molecule has 0 aliphatic heterocycles. The van der Waals surface area contributed by atoms with E-state index in [1.807, 2.05) is 6.07 Å². The third kappa shape index (κ3) is 2.44. The average Bonchev–Trinajstić information content (AvgIpc) is 2.96. The van der Waals surface area contributed by atoms with Crippen LogP contribution < -0.4 is 5.56 Å². The number of nitrogens with zero attached hydrogens (tertiary/aromatic N) is 1. The number of fused-ring (bicyclic) bond motifs is 1. The van der Waals surface area contributed by atoms with Crippen molar-refractivity contribution in [3.8, 4) is 11.3 Å². The second-order valence-electron chi connectivity index (χ2n) is 5.45. The number of carboxylic acids is 1. The highest BCUT2D eigenvalue weighted by molar-refractivity contribution is 5.87. The van der Waals surface area contributed by atoms with Crippen LogP contribution in [0.2, 0.25) is 0 Å². The van der Waals surface area contributed by atoms with E-state index >= 15 is 0 Å². The van der Waals surface area contributed by atoms with Crippen molar-refractivity contribution in [3.63, 3.8) is 0 Å². The van der Waals surface area contributed by atoms with Crippen molar-refractivity contribution in [2.75, 3.05) is 6.61 Å². The van der Waals surface area contributed by atoms with Crippen molar-refractivity contribution in [2.45, 2.75) is 25.8 Å². The van der Waals surface area contributed by atoms with Crippen molar-refractivity contribution < 1.29 is 15.0 Å². The molecular formula is C17H17NO4. The zero-order chi connectivity index (χ0) is 15.7. The third-order valence-electron chi connectivity index (χ3n) is 4.12. The SMILES string of the molecule is O=C(O)c1ccc(-c2ccc3c(c2)CCC3)n(CCO)c1=O. The summed E-state index contributed by atoms with van der Waals surface area (Å²) in [5.74, 6) is -1.25. The Morgan fingerprint density at radius 2 is 1.91 bits per heavy atom. The Morgan fingerprint density at radius 1 is 1.14 bits per heavy atom. The molecule has 22 heavy (non-hydrogen) atoms. The number of carbonyl (C=O) groups is 1. The monoisotopic (exact) mass is 299 g/mol. The Kier molecular flexibility index (Phi) is 3.81. The molecule has 1 aromatic heterocycles. The normalized spacial score (nSPS) is 13.1. The van der Waals surface area contributed by atoms with Crippen LogP contribution in [0.25, 0.3) is 11.3 Å². The molecule has 5 heteroatoms. The maximum Gasteiger partial charge on any atom is 0.341 e. The summed E-state index contributed by atoms with van der Waals surface area (Å²) < 4.78 is 1.33. The molecule has 5 nitrogen and oxygen atoms in total. The van der Waals surface area contributed by atoms with Crippen LogP contribution in [0.4, 0.5) is 0 Å². The van der Waals surface area contributed by atoms with Gasteiger partial charge in [-0.2, -0.15) is 0 Å². The number of carboxylic acid groups (broad SMARTS) is 1. The lowest BCUT2D eigenvalue weighted by Gasteiger charge is -2.14. The Morgan fingerprint density at radius 3 is 2.64 bits per heavy atom. The molecule has 0 radical (unpaired) electrons. The summed E-state index contributed by atoms with van der Waals surface area (Å²) in [6.07, 6.45) is 3.25. The minimum absolute atomic E-state index is 0.0758. The number of aryl methyl sites for hydroxylation is 2. The summed E-state index contributed by atoms with van der Waals surface area (Å²) in [6.45, 7) is -0.146. The molecule has 0 unspecified atom stereocenters. The van der Waals surface area contributed by atoms with Gasteiger partial charge < -0.3 is 14.8 Å². The van der Waals surface area contributed by atoms with Crippen LogP contribution in [0, 0.1) is 0 Å². The average molecular weight is 299 g/mol. The van der Waals surface area contributed by atoms with E-state index in [-0.39, 0.29) is 18.7 Å². The molecule has 0 fully saturated rings. The van der Waals surface area contributed by atoms with Gasteiger partial charge in [-0.05, 0) is 54.2 Å². The van der Waals surface area contributed by atoms with E-state index in [2.05, 4.69) is 12.1 Å². The first-order valence-electron chi connectivity index (χ1n) is 7.32. The van der Waals surface area contributed by atoms with Crippen LogP contribution in [0.1, 0.15) is 27.9 Å². The predicted octanol–water partition coefficient (Wildman–Crippen LogP) is 1.69. The molecule has 1 aromatic carbocycles. The molecule has 1 aliphatic rings. The van der Waals surface area contributed by atoms with Gasteiger partial charge in [0.2, 0.25) is 0 Å². The van der Waals surface area contributed by atoms with Crippen LogP contribution in [0.15, 0.2) is 35.1 Å². The molecule has 0 spiro atoms. The fraction of sp³-hybridized carbons (Fsp3) is 0.294. The minimum atomic E-state index is -1.25. The molecule has 0 amide bonds. The van der Waals surface area contributed by atoms with Crippen molar-refractivity contribution in [2.24, 2.45) is 0 Å². The molecule has 0 saturated heterocycles. The third-order valence-corrected chi connectivity index (χ3v) is 4.12. The lowest BCUT2D eigenvalue weighted by Crippen LogP contribution is -2.28. The number of hydrogen-bond donors (Lipinski definition) is 2. The van der Waals surface area contributed by atoms with Crippen LogP contribution in [-0.4, -0.2) is 27.4 Å². The predicted molar refractivity (Wildman–Crippen MR) is 82.2 cm³/mol. The van der Waals surface area contributed by atoms with E-state index < -0.39 is 11.5 Å². The number of pyridine rings is 1. The summed E-state index contributed by atoms with van der Waals surface area (Å²) in [7, 11) is 0. The first-order valence-corrected chi connectivity index (χ1v) is 7.32. The number of benzene rings is 1. The standard InChI is InChI=1S/C17H17NO4/c19-9-8-18-15(7-6-14(16(18)20)17(21)22)13-5-4-11-2-1-3-12(11)10-13/h4-7,10,19H,1-3,8-9H2,(H,21,22). The van der Waals surface area contributed by atoms with Crippen molar-refractivity contribution >= 4 is 5.97 Å². The number of hydrogen-bond acceptors (Lipinski definition) is 3. The lowest BCUT2D eigenvalue weighted by atomic mass is 10.0. The second-order valence-corrected chi connectivity index (χ2v) is 5.45. The van der Waals surface area contributed by atoms with Crippen LogP contribution in [0.5, 0.6) is 0 Å². The summed E-state index contributed by atoms with van der Waals surface area (Å²) in [4.78, 5) is 23.4. The number of aliphatic hydroxyl groups is 1. The maximum atomic E-state index is 12.3.